The molecule has 0 N–H and O–H groups in total. The van der Waals surface area contributed by atoms with E-state index in [-0.39, 0.29) is 0 Å². The minimum absolute atomic E-state index is 0.505. The Bertz CT molecular complexity index is 347. The Hall–Kier alpha value is -0.410. The van der Waals surface area contributed by atoms with E-state index in [1.807, 2.05) is 12.3 Å². The Kier molecular flexibility index (Phi) is 5.19. The van der Waals surface area contributed by atoms with Crippen molar-refractivity contribution in [2.75, 3.05) is 18.4 Å². The lowest BCUT2D eigenvalue weighted by Gasteiger charge is -2.33. The number of aromatic nitrogens is 1. The lowest BCUT2D eigenvalue weighted by atomic mass is 9.88. The van der Waals surface area contributed by atoms with Gasteiger partial charge in [-0.2, -0.15) is 0 Å². The van der Waals surface area contributed by atoms with E-state index in [1.54, 1.807) is 0 Å². The Balaban J connectivity index is 1.96. The zero-order chi connectivity index (χ0) is 12.8. The van der Waals surface area contributed by atoms with Gasteiger partial charge in [0.2, 0.25) is 0 Å². The summed E-state index contributed by atoms with van der Waals surface area (Å²) in [5, 5.41) is 1.14. The monoisotopic (exact) mass is 310 g/mol. The lowest BCUT2D eigenvalue weighted by Crippen LogP contribution is -2.37. The maximum Gasteiger partial charge on any atom is 0.0543 e. The standard InChI is InChI=1S/C15H23BrN2/c1-2-18(11-14-7-3-6-10-17-14)13-15(12-16)8-4-5-9-15/h3,6-7,10H,2,4-5,8-9,11-13H2,1H3. The molecule has 0 unspecified atom stereocenters. The molecule has 0 bridgehead atoms. The van der Waals surface area contributed by atoms with Gasteiger partial charge in [0, 0.05) is 24.6 Å². The second-order valence-electron chi connectivity index (χ2n) is 5.47. The predicted octanol–water partition coefficient (Wildman–Crippen LogP) is 3.86. The highest BCUT2D eigenvalue weighted by molar-refractivity contribution is 9.09. The number of pyridine rings is 1. The quantitative estimate of drug-likeness (QED) is 0.742. The van der Waals surface area contributed by atoms with Crippen LogP contribution in [0.25, 0.3) is 0 Å². The summed E-state index contributed by atoms with van der Waals surface area (Å²) in [6.07, 6.45) is 7.42. The van der Waals surface area contributed by atoms with Crippen LogP contribution in [-0.2, 0) is 6.54 Å². The molecule has 3 heteroatoms. The smallest absolute Gasteiger partial charge is 0.0543 e. The molecule has 0 radical (unpaired) electrons. The van der Waals surface area contributed by atoms with Gasteiger partial charge in [-0.15, -0.1) is 0 Å². The van der Waals surface area contributed by atoms with Gasteiger partial charge in [-0.1, -0.05) is 41.8 Å². The van der Waals surface area contributed by atoms with Crippen molar-refractivity contribution in [1.29, 1.82) is 0 Å². The third-order valence-electron chi connectivity index (χ3n) is 4.07. The van der Waals surface area contributed by atoms with E-state index in [2.05, 4.69) is 44.9 Å². The molecule has 0 aromatic carbocycles. The molecule has 100 valence electrons. The number of rotatable bonds is 6. The van der Waals surface area contributed by atoms with Crippen molar-refractivity contribution in [3.63, 3.8) is 0 Å². The molecule has 0 amide bonds. The second-order valence-corrected chi connectivity index (χ2v) is 6.03. The SMILES string of the molecule is CCN(Cc1ccccn1)CC1(CBr)CCCC1. The highest BCUT2D eigenvalue weighted by atomic mass is 79.9. The Morgan fingerprint density at radius 3 is 2.67 bits per heavy atom. The fraction of sp³-hybridized carbons (Fsp3) is 0.667. The second kappa shape index (κ2) is 6.67. The van der Waals surface area contributed by atoms with E-state index in [0.29, 0.717) is 5.41 Å². The summed E-state index contributed by atoms with van der Waals surface area (Å²) >= 11 is 3.73. The number of halogens is 1. The van der Waals surface area contributed by atoms with Gasteiger partial charge in [0.1, 0.15) is 0 Å². The van der Waals surface area contributed by atoms with Crippen molar-refractivity contribution < 1.29 is 0 Å². The van der Waals surface area contributed by atoms with Crippen LogP contribution in [0.2, 0.25) is 0 Å². The van der Waals surface area contributed by atoms with Crippen molar-refractivity contribution in [1.82, 2.24) is 9.88 Å². The highest BCUT2D eigenvalue weighted by Gasteiger charge is 2.34. The highest BCUT2D eigenvalue weighted by Crippen LogP contribution is 2.40. The number of hydrogen-bond acceptors (Lipinski definition) is 2. The van der Waals surface area contributed by atoms with E-state index in [0.717, 1.165) is 18.4 Å². The Morgan fingerprint density at radius 1 is 1.33 bits per heavy atom. The van der Waals surface area contributed by atoms with Crippen molar-refractivity contribution in [2.45, 2.75) is 39.2 Å². The minimum Gasteiger partial charge on any atom is -0.297 e. The van der Waals surface area contributed by atoms with E-state index >= 15 is 0 Å². The van der Waals surface area contributed by atoms with Crippen LogP contribution in [0.5, 0.6) is 0 Å². The van der Waals surface area contributed by atoms with Crippen molar-refractivity contribution in [3.8, 4) is 0 Å². The molecule has 1 aromatic heterocycles. The van der Waals surface area contributed by atoms with Crippen LogP contribution < -0.4 is 0 Å². The van der Waals surface area contributed by atoms with E-state index in [1.165, 1.54) is 37.9 Å². The summed E-state index contributed by atoms with van der Waals surface area (Å²) in [6.45, 7) is 5.53. The van der Waals surface area contributed by atoms with Crippen LogP contribution in [0.15, 0.2) is 24.4 Å². The number of alkyl halides is 1. The first kappa shape index (κ1) is 14.0. The van der Waals surface area contributed by atoms with Gasteiger partial charge >= 0.3 is 0 Å². The molecule has 1 fully saturated rings. The zero-order valence-corrected chi connectivity index (χ0v) is 12.8. The van der Waals surface area contributed by atoms with Gasteiger partial charge in [-0.3, -0.25) is 9.88 Å². The van der Waals surface area contributed by atoms with Crippen molar-refractivity contribution in [3.05, 3.63) is 30.1 Å². The molecule has 18 heavy (non-hydrogen) atoms. The summed E-state index contributed by atoms with van der Waals surface area (Å²) in [7, 11) is 0. The van der Waals surface area contributed by atoms with Crippen molar-refractivity contribution >= 4 is 15.9 Å². The first-order chi connectivity index (χ1) is 8.78. The third kappa shape index (κ3) is 3.55. The van der Waals surface area contributed by atoms with E-state index < -0.39 is 0 Å². The molecule has 2 nitrogen and oxygen atoms in total. The van der Waals surface area contributed by atoms with Gasteiger partial charge in [-0.05, 0) is 36.9 Å². The summed E-state index contributed by atoms with van der Waals surface area (Å²) in [6, 6.07) is 6.18. The van der Waals surface area contributed by atoms with Crippen LogP contribution in [0.1, 0.15) is 38.3 Å². The molecular formula is C15H23BrN2. The summed E-state index contributed by atoms with van der Waals surface area (Å²) in [4.78, 5) is 6.97. The van der Waals surface area contributed by atoms with E-state index in [9.17, 15) is 0 Å². The van der Waals surface area contributed by atoms with Gasteiger partial charge in [0.15, 0.2) is 0 Å². The van der Waals surface area contributed by atoms with Crippen LogP contribution in [-0.4, -0.2) is 28.3 Å². The first-order valence-corrected chi connectivity index (χ1v) is 8.08. The Labute approximate surface area is 119 Å². The molecule has 1 aromatic rings. The largest absolute Gasteiger partial charge is 0.297 e. The lowest BCUT2D eigenvalue weighted by molar-refractivity contribution is 0.171. The summed E-state index contributed by atoms with van der Waals surface area (Å²) in [5.74, 6) is 0. The molecule has 0 saturated heterocycles. The number of nitrogens with zero attached hydrogens (tertiary/aromatic N) is 2. The average molecular weight is 311 g/mol. The molecule has 1 aliphatic carbocycles. The molecule has 1 heterocycles. The van der Waals surface area contributed by atoms with Gasteiger partial charge in [0.05, 0.1) is 5.69 Å². The Morgan fingerprint density at radius 2 is 2.11 bits per heavy atom. The average Bonchev–Trinajstić information content (AvgIpc) is 2.88. The molecular weight excluding hydrogens is 288 g/mol. The molecule has 1 aliphatic rings. The first-order valence-electron chi connectivity index (χ1n) is 6.96. The molecule has 0 spiro atoms. The van der Waals surface area contributed by atoms with Crippen LogP contribution in [0, 0.1) is 5.41 Å². The fourth-order valence-electron chi connectivity index (χ4n) is 2.93. The van der Waals surface area contributed by atoms with Gasteiger partial charge < -0.3 is 0 Å². The van der Waals surface area contributed by atoms with Crippen LogP contribution >= 0.6 is 15.9 Å². The topological polar surface area (TPSA) is 16.1 Å². The zero-order valence-electron chi connectivity index (χ0n) is 11.2. The molecule has 0 aliphatic heterocycles. The normalized spacial score (nSPS) is 18.4. The predicted molar refractivity (Wildman–Crippen MR) is 79.9 cm³/mol. The third-order valence-corrected chi connectivity index (χ3v) is 5.26. The summed E-state index contributed by atoms with van der Waals surface area (Å²) < 4.78 is 0. The number of hydrogen-bond donors (Lipinski definition) is 0. The van der Waals surface area contributed by atoms with Gasteiger partial charge in [0.25, 0.3) is 0 Å². The maximum absolute atomic E-state index is 4.44. The van der Waals surface area contributed by atoms with E-state index in [4.69, 9.17) is 0 Å². The summed E-state index contributed by atoms with van der Waals surface area (Å²) in [5.41, 5.74) is 1.69. The molecule has 2 rings (SSSR count). The molecule has 1 saturated carbocycles. The molecule has 0 atom stereocenters. The fourth-order valence-corrected chi connectivity index (χ4v) is 3.67. The van der Waals surface area contributed by atoms with Gasteiger partial charge in [-0.25, -0.2) is 0 Å². The van der Waals surface area contributed by atoms with Crippen LogP contribution in [0.4, 0.5) is 0 Å². The maximum atomic E-state index is 4.44. The van der Waals surface area contributed by atoms with Crippen molar-refractivity contribution in [2.24, 2.45) is 5.41 Å². The minimum atomic E-state index is 0.505. The van der Waals surface area contributed by atoms with Crippen LogP contribution in [0.3, 0.4) is 0 Å².